The minimum atomic E-state index is -0.238. The van der Waals surface area contributed by atoms with Crippen LogP contribution in [0.2, 0.25) is 0 Å². The van der Waals surface area contributed by atoms with E-state index in [0.717, 1.165) is 10.9 Å². The number of carbonyl (C=O) groups excluding carboxylic acids is 1. The van der Waals surface area contributed by atoms with Crippen LogP contribution in [0.3, 0.4) is 0 Å². The van der Waals surface area contributed by atoms with E-state index in [0.29, 0.717) is 26.4 Å². The topological polar surface area (TPSA) is 62.7 Å². The summed E-state index contributed by atoms with van der Waals surface area (Å²) in [7, 11) is 1.60. The highest BCUT2D eigenvalue weighted by molar-refractivity contribution is 8.27. The predicted octanol–water partition coefficient (Wildman–Crippen LogP) is 4.35. The Morgan fingerprint density at radius 1 is 1.19 bits per heavy atom. The number of ether oxygens (including phenoxy) is 1. The van der Waals surface area contributed by atoms with E-state index in [9.17, 15) is 9.90 Å². The van der Waals surface area contributed by atoms with Crippen LogP contribution in [-0.2, 0) is 4.79 Å². The second-order valence-corrected chi connectivity index (χ2v) is 7.48. The lowest BCUT2D eigenvalue weighted by molar-refractivity contribution is -0.113. The number of benzene rings is 2. The smallest absolute Gasteiger partial charge is 0.270 e. The van der Waals surface area contributed by atoms with Crippen LogP contribution in [0, 0.1) is 0 Å². The van der Waals surface area contributed by atoms with E-state index in [-0.39, 0.29) is 11.7 Å². The van der Waals surface area contributed by atoms with Crippen LogP contribution >= 0.6 is 24.0 Å². The average Bonchev–Trinajstić information content (AvgIpc) is 2.94. The number of anilines is 1. The number of amides is 1. The standard InChI is InChI=1S/C20H14N2O3S2/c1-25-16-7-2-4-12-8-9-13(21-18(12)16)10-17-19(24)22(20(26)27-17)14-5-3-6-15(23)11-14/h2-11,23H,1H3/b17-10-. The predicted molar refractivity (Wildman–Crippen MR) is 112 cm³/mol. The Labute approximate surface area is 165 Å². The first-order valence-corrected chi connectivity index (χ1v) is 9.30. The van der Waals surface area contributed by atoms with Crippen molar-refractivity contribution >= 4 is 56.9 Å². The number of methoxy groups -OCH3 is 1. The van der Waals surface area contributed by atoms with Crippen molar-refractivity contribution in [3.63, 3.8) is 0 Å². The molecule has 1 amide bonds. The molecule has 1 saturated heterocycles. The number of hydrogen-bond acceptors (Lipinski definition) is 6. The Bertz CT molecular complexity index is 1110. The van der Waals surface area contributed by atoms with Gasteiger partial charge in [0.2, 0.25) is 0 Å². The lowest BCUT2D eigenvalue weighted by atomic mass is 10.2. The Morgan fingerprint density at radius 3 is 2.78 bits per heavy atom. The Balaban J connectivity index is 1.71. The maximum atomic E-state index is 12.8. The summed E-state index contributed by atoms with van der Waals surface area (Å²) in [5.41, 5.74) is 1.91. The molecule has 4 rings (SSSR count). The van der Waals surface area contributed by atoms with Gasteiger partial charge in [0.1, 0.15) is 17.0 Å². The lowest BCUT2D eigenvalue weighted by Crippen LogP contribution is -2.27. The number of nitrogens with zero attached hydrogens (tertiary/aromatic N) is 2. The fourth-order valence-electron chi connectivity index (χ4n) is 2.84. The van der Waals surface area contributed by atoms with Crippen molar-refractivity contribution in [2.75, 3.05) is 12.0 Å². The van der Waals surface area contributed by atoms with Crippen LogP contribution in [0.4, 0.5) is 5.69 Å². The number of pyridine rings is 1. The summed E-state index contributed by atoms with van der Waals surface area (Å²) >= 11 is 6.57. The molecule has 3 aromatic rings. The number of aromatic hydroxyl groups is 1. The maximum absolute atomic E-state index is 12.8. The summed E-state index contributed by atoms with van der Waals surface area (Å²) in [5.74, 6) is 0.515. The van der Waals surface area contributed by atoms with Gasteiger partial charge in [-0.3, -0.25) is 9.69 Å². The molecule has 1 fully saturated rings. The normalized spacial score (nSPS) is 15.7. The maximum Gasteiger partial charge on any atom is 0.270 e. The number of thioether (sulfide) groups is 1. The van der Waals surface area contributed by atoms with E-state index in [4.69, 9.17) is 17.0 Å². The molecular weight excluding hydrogens is 380 g/mol. The molecule has 0 unspecified atom stereocenters. The molecule has 1 aliphatic rings. The zero-order valence-electron chi connectivity index (χ0n) is 14.2. The number of para-hydroxylation sites is 1. The molecule has 0 saturated carbocycles. The molecule has 0 radical (unpaired) electrons. The number of hydrogen-bond donors (Lipinski definition) is 1. The molecular formula is C20H14N2O3S2. The molecule has 1 aliphatic heterocycles. The first kappa shape index (κ1) is 17.5. The number of phenolic OH excluding ortho intramolecular Hbond substituents is 1. The number of aromatic nitrogens is 1. The van der Waals surface area contributed by atoms with Gasteiger partial charge in [0.25, 0.3) is 5.91 Å². The third-order valence-corrected chi connectivity index (χ3v) is 5.39. The van der Waals surface area contributed by atoms with E-state index < -0.39 is 0 Å². The zero-order chi connectivity index (χ0) is 19.0. The van der Waals surface area contributed by atoms with Crippen LogP contribution in [-0.4, -0.2) is 27.4 Å². The quantitative estimate of drug-likeness (QED) is 0.526. The summed E-state index contributed by atoms with van der Waals surface area (Å²) in [4.78, 5) is 19.3. The first-order valence-electron chi connectivity index (χ1n) is 8.07. The number of rotatable bonds is 3. The minimum absolute atomic E-state index is 0.0776. The van der Waals surface area contributed by atoms with Crippen molar-refractivity contribution in [2.45, 2.75) is 0 Å². The number of thiocarbonyl (C=S) groups is 1. The van der Waals surface area contributed by atoms with Crippen molar-refractivity contribution in [2.24, 2.45) is 0 Å². The molecule has 0 atom stereocenters. The van der Waals surface area contributed by atoms with Gasteiger partial charge < -0.3 is 9.84 Å². The molecule has 0 aliphatic carbocycles. The van der Waals surface area contributed by atoms with Crippen molar-refractivity contribution in [3.8, 4) is 11.5 Å². The highest BCUT2D eigenvalue weighted by atomic mass is 32.2. The van der Waals surface area contributed by atoms with Crippen LogP contribution < -0.4 is 9.64 Å². The average molecular weight is 394 g/mol. The van der Waals surface area contributed by atoms with E-state index >= 15 is 0 Å². The number of fused-ring (bicyclic) bond motifs is 1. The molecule has 5 nitrogen and oxygen atoms in total. The van der Waals surface area contributed by atoms with Gasteiger partial charge in [-0.1, -0.05) is 48.2 Å². The van der Waals surface area contributed by atoms with Gasteiger partial charge >= 0.3 is 0 Å². The molecule has 0 bridgehead atoms. The van der Waals surface area contributed by atoms with E-state index in [1.165, 1.54) is 22.7 Å². The van der Waals surface area contributed by atoms with Crippen LogP contribution in [0.5, 0.6) is 11.5 Å². The molecule has 0 spiro atoms. The third-order valence-electron chi connectivity index (χ3n) is 4.09. The molecule has 2 aromatic carbocycles. The van der Waals surface area contributed by atoms with Crippen molar-refractivity contribution in [1.29, 1.82) is 0 Å². The molecule has 7 heteroatoms. The Kier molecular flexibility index (Phi) is 4.55. The number of phenols is 1. The second-order valence-electron chi connectivity index (χ2n) is 5.81. The summed E-state index contributed by atoms with van der Waals surface area (Å²) in [6.07, 6.45) is 1.72. The monoisotopic (exact) mass is 394 g/mol. The summed E-state index contributed by atoms with van der Waals surface area (Å²) < 4.78 is 5.78. The highest BCUT2D eigenvalue weighted by Gasteiger charge is 2.33. The van der Waals surface area contributed by atoms with Gasteiger partial charge in [-0.25, -0.2) is 4.98 Å². The molecule has 27 heavy (non-hydrogen) atoms. The second kappa shape index (κ2) is 7.02. The van der Waals surface area contributed by atoms with E-state index in [1.54, 1.807) is 31.4 Å². The molecule has 134 valence electrons. The molecule has 1 aromatic heterocycles. The first-order chi connectivity index (χ1) is 13.1. The van der Waals surface area contributed by atoms with Gasteiger partial charge in [0.05, 0.1) is 23.4 Å². The van der Waals surface area contributed by atoms with Crippen molar-refractivity contribution in [3.05, 3.63) is 65.2 Å². The van der Waals surface area contributed by atoms with Crippen LogP contribution in [0.25, 0.3) is 17.0 Å². The molecule has 1 N–H and O–H groups in total. The van der Waals surface area contributed by atoms with Crippen molar-refractivity contribution < 1.29 is 14.6 Å². The fraction of sp³-hybridized carbons (Fsp3) is 0.0500. The Hall–Kier alpha value is -2.90. The largest absolute Gasteiger partial charge is 0.508 e. The van der Waals surface area contributed by atoms with Gasteiger partial charge in [0, 0.05) is 11.5 Å². The molecule has 2 heterocycles. The lowest BCUT2D eigenvalue weighted by Gasteiger charge is -2.14. The van der Waals surface area contributed by atoms with Crippen molar-refractivity contribution in [1.82, 2.24) is 4.98 Å². The summed E-state index contributed by atoms with van der Waals surface area (Å²) in [6.45, 7) is 0. The van der Waals surface area contributed by atoms with Gasteiger partial charge in [-0.05, 0) is 30.3 Å². The third kappa shape index (κ3) is 3.27. The van der Waals surface area contributed by atoms with Crippen LogP contribution in [0.15, 0.2) is 59.5 Å². The summed E-state index contributed by atoms with van der Waals surface area (Å²) in [5, 5.41) is 10.6. The highest BCUT2D eigenvalue weighted by Crippen LogP contribution is 2.37. The SMILES string of the molecule is COc1cccc2ccc(/C=C3\SC(=S)N(c4cccc(O)c4)C3=O)nc12. The fourth-order valence-corrected chi connectivity index (χ4v) is 4.12. The summed E-state index contributed by atoms with van der Waals surface area (Å²) in [6, 6.07) is 15.9. The van der Waals surface area contributed by atoms with Gasteiger partial charge in [-0.2, -0.15) is 0 Å². The van der Waals surface area contributed by atoms with E-state index in [1.807, 2.05) is 30.3 Å². The zero-order valence-corrected chi connectivity index (χ0v) is 15.9. The minimum Gasteiger partial charge on any atom is -0.508 e. The van der Waals surface area contributed by atoms with Crippen LogP contribution in [0.1, 0.15) is 5.69 Å². The van der Waals surface area contributed by atoms with Gasteiger partial charge in [0.15, 0.2) is 4.32 Å². The Morgan fingerprint density at radius 2 is 2.00 bits per heavy atom. The van der Waals surface area contributed by atoms with E-state index in [2.05, 4.69) is 4.98 Å². The van der Waals surface area contributed by atoms with Gasteiger partial charge in [-0.15, -0.1) is 0 Å². The number of carbonyl (C=O) groups is 1.